The number of rotatable bonds is 5. The summed E-state index contributed by atoms with van der Waals surface area (Å²) in [4.78, 5) is 24.5. The lowest BCUT2D eigenvalue weighted by molar-refractivity contribution is 0.0698. The fraction of sp³-hybridized carbons (Fsp3) is 0.280. The van der Waals surface area contributed by atoms with Crippen LogP contribution in [0.4, 0.5) is 5.69 Å². The van der Waals surface area contributed by atoms with Crippen LogP contribution in [0.5, 0.6) is 0 Å². The molecule has 2 aromatic carbocycles. The highest BCUT2D eigenvalue weighted by Gasteiger charge is 2.19. The number of aryl methyl sites for hydroxylation is 1. The van der Waals surface area contributed by atoms with Gasteiger partial charge in [-0.3, -0.25) is 4.79 Å². The third-order valence-corrected chi connectivity index (χ3v) is 6.60. The van der Waals surface area contributed by atoms with Gasteiger partial charge in [0.05, 0.1) is 5.56 Å². The average molecular weight is 420 g/mol. The monoisotopic (exact) mass is 419 g/mol. The Morgan fingerprint density at radius 2 is 1.70 bits per heavy atom. The van der Waals surface area contributed by atoms with E-state index < -0.39 is 5.97 Å². The van der Waals surface area contributed by atoms with Crippen molar-refractivity contribution in [1.29, 1.82) is 0 Å². The first kappa shape index (κ1) is 20.4. The number of carboxylic acid groups (broad SMARTS) is 1. The van der Waals surface area contributed by atoms with Gasteiger partial charge in [0.2, 0.25) is 0 Å². The molecule has 1 heterocycles. The Labute approximate surface area is 180 Å². The molecular weight excluding hydrogens is 394 g/mol. The van der Waals surface area contributed by atoms with Crippen LogP contribution in [0.1, 0.15) is 69.9 Å². The second kappa shape index (κ2) is 8.84. The summed E-state index contributed by atoms with van der Waals surface area (Å²) < 4.78 is 0. The second-order valence-electron chi connectivity index (χ2n) is 7.96. The molecule has 1 fully saturated rings. The molecule has 1 saturated carbocycles. The van der Waals surface area contributed by atoms with Crippen LogP contribution in [-0.4, -0.2) is 17.0 Å². The number of nitrogens with one attached hydrogen (secondary N) is 1. The van der Waals surface area contributed by atoms with Crippen LogP contribution < -0.4 is 5.32 Å². The van der Waals surface area contributed by atoms with Gasteiger partial charge in [0, 0.05) is 27.8 Å². The largest absolute Gasteiger partial charge is 0.478 e. The molecule has 30 heavy (non-hydrogen) atoms. The number of anilines is 1. The molecule has 0 radical (unpaired) electrons. The Bertz CT molecular complexity index is 1060. The van der Waals surface area contributed by atoms with Gasteiger partial charge in [0.25, 0.3) is 5.91 Å². The number of benzene rings is 2. The number of thiophene rings is 1. The fourth-order valence-electron chi connectivity index (χ4n) is 4.20. The molecule has 5 heteroatoms. The van der Waals surface area contributed by atoms with Gasteiger partial charge < -0.3 is 10.4 Å². The molecule has 0 unspecified atom stereocenters. The van der Waals surface area contributed by atoms with Gasteiger partial charge in [-0.15, -0.1) is 0 Å². The van der Waals surface area contributed by atoms with Crippen LogP contribution in [0.2, 0.25) is 0 Å². The summed E-state index contributed by atoms with van der Waals surface area (Å²) in [6.07, 6.45) is 6.34. The van der Waals surface area contributed by atoms with Gasteiger partial charge in [-0.05, 0) is 60.9 Å². The van der Waals surface area contributed by atoms with E-state index in [-0.39, 0.29) is 11.5 Å². The molecule has 4 rings (SSSR count). The number of hydrogen-bond acceptors (Lipinski definition) is 3. The lowest BCUT2D eigenvalue weighted by Crippen LogP contribution is -2.13. The zero-order chi connectivity index (χ0) is 21.1. The van der Waals surface area contributed by atoms with E-state index in [9.17, 15) is 14.7 Å². The van der Waals surface area contributed by atoms with Crippen LogP contribution in [0.25, 0.3) is 11.1 Å². The number of carbonyl (C=O) groups is 2. The molecule has 1 aliphatic rings. The van der Waals surface area contributed by atoms with Gasteiger partial charge in [-0.25, -0.2) is 4.79 Å². The van der Waals surface area contributed by atoms with E-state index in [1.807, 2.05) is 42.6 Å². The van der Waals surface area contributed by atoms with Crippen LogP contribution in [0, 0.1) is 6.92 Å². The highest BCUT2D eigenvalue weighted by molar-refractivity contribution is 7.08. The molecule has 2 N–H and O–H groups in total. The third kappa shape index (κ3) is 4.31. The minimum Gasteiger partial charge on any atom is -0.478 e. The van der Waals surface area contributed by atoms with Crippen molar-refractivity contribution in [3.8, 4) is 11.1 Å². The maximum Gasteiger partial charge on any atom is 0.337 e. The maximum atomic E-state index is 12.9. The summed E-state index contributed by atoms with van der Waals surface area (Å²) in [5.41, 5.74) is 5.12. The molecule has 1 amide bonds. The van der Waals surface area contributed by atoms with Crippen LogP contribution >= 0.6 is 11.3 Å². The first-order valence-electron chi connectivity index (χ1n) is 10.3. The van der Waals surface area contributed by atoms with Crippen molar-refractivity contribution in [1.82, 2.24) is 0 Å². The van der Waals surface area contributed by atoms with Crippen molar-refractivity contribution in [2.24, 2.45) is 0 Å². The van der Waals surface area contributed by atoms with Crippen molar-refractivity contribution in [2.75, 3.05) is 5.32 Å². The number of carboxylic acids is 1. The smallest absolute Gasteiger partial charge is 0.337 e. The van der Waals surface area contributed by atoms with Gasteiger partial charge in [-0.2, -0.15) is 11.3 Å². The lowest BCUT2D eigenvalue weighted by Gasteiger charge is -2.22. The van der Waals surface area contributed by atoms with Crippen LogP contribution in [0.3, 0.4) is 0 Å². The minimum absolute atomic E-state index is 0.192. The lowest BCUT2D eigenvalue weighted by atomic mass is 9.84. The van der Waals surface area contributed by atoms with Crippen molar-refractivity contribution in [3.63, 3.8) is 0 Å². The van der Waals surface area contributed by atoms with Crippen molar-refractivity contribution in [2.45, 2.75) is 44.9 Å². The maximum absolute atomic E-state index is 12.9. The molecule has 4 nitrogen and oxygen atoms in total. The standard InChI is InChI=1S/C25H25NO3S/c1-16-7-12-23(20(13-16)21-14-30-15-22(21)25(28)29)26-24(27)19-10-8-18(9-11-19)17-5-3-2-4-6-17/h7-15,17H,2-6H2,1H3,(H,26,27)(H,28,29). The normalized spacial score (nSPS) is 14.4. The van der Waals surface area contributed by atoms with Crippen molar-refractivity contribution >= 4 is 28.9 Å². The van der Waals surface area contributed by atoms with Crippen LogP contribution in [0.15, 0.2) is 53.2 Å². The summed E-state index contributed by atoms with van der Waals surface area (Å²) in [6.45, 7) is 1.95. The molecule has 1 aromatic heterocycles. The third-order valence-electron chi connectivity index (χ3n) is 5.86. The summed E-state index contributed by atoms with van der Waals surface area (Å²) in [5, 5.41) is 15.9. The zero-order valence-electron chi connectivity index (χ0n) is 17.0. The highest BCUT2D eigenvalue weighted by atomic mass is 32.1. The summed E-state index contributed by atoms with van der Waals surface area (Å²) in [6, 6.07) is 13.6. The Balaban J connectivity index is 1.58. The fourth-order valence-corrected chi connectivity index (χ4v) is 5.02. The van der Waals surface area contributed by atoms with E-state index in [4.69, 9.17) is 0 Å². The number of amides is 1. The first-order valence-corrected chi connectivity index (χ1v) is 11.3. The summed E-state index contributed by atoms with van der Waals surface area (Å²) >= 11 is 1.34. The van der Waals surface area contributed by atoms with E-state index >= 15 is 0 Å². The highest BCUT2D eigenvalue weighted by Crippen LogP contribution is 2.35. The predicted molar refractivity (Wildman–Crippen MR) is 122 cm³/mol. The van der Waals surface area contributed by atoms with E-state index in [2.05, 4.69) is 17.4 Å². The van der Waals surface area contributed by atoms with Crippen molar-refractivity contribution in [3.05, 3.63) is 75.5 Å². The Hall–Kier alpha value is -2.92. The average Bonchev–Trinajstić information content (AvgIpc) is 3.26. The Kier molecular flexibility index (Phi) is 6.00. The van der Waals surface area contributed by atoms with Gasteiger partial charge >= 0.3 is 5.97 Å². The summed E-state index contributed by atoms with van der Waals surface area (Å²) in [7, 11) is 0. The van der Waals surface area contributed by atoms with Crippen molar-refractivity contribution < 1.29 is 14.7 Å². The Morgan fingerprint density at radius 3 is 2.40 bits per heavy atom. The molecule has 1 aliphatic carbocycles. The SMILES string of the molecule is Cc1ccc(NC(=O)c2ccc(C3CCCCC3)cc2)c(-c2cscc2C(=O)O)c1. The number of carbonyl (C=O) groups excluding carboxylic acids is 1. The number of aromatic carboxylic acids is 1. The van der Waals surface area contributed by atoms with Gasteiger partial charge in [0.1, 0.15) is 0 Å². The molecule has 0 saturated heterocycles. The zero-order valence-corrected chi connectivity index (χ0v) is 17.8. The molecule has 0 aliphatic heterocycles. The molecule has 0 spiro atoms. The van der Waals surface area contributed by atoms with Gasteiger partial charge in [0.15, 0.2) is 0 Å². The first-order chi connectivity index (χ1) is 14.5. The molecule has 0 atom stereocenters. The van der Waals surface area contributed by atoms with E-state index in [1.54, 1.807) is 5.38 Å². The molecular formula is C25H25NO3S. The predicted octanol–water partition coefficient (Wildman–Crippen LogP) is 6.72. The quantitative estimate of drug-likeness (QED) is 0.482. The van der Waals surface area contributed by atoms with Crippen LogP contribution in [-0.2, 0) is 0 Å². The second-order valence-corrected chi connectivity index (χ2v) is 8.71. The van der Waals surface area contributed by atoms with E-state index in [0.29, 0.717) is 22.7 Å². The summed E-state index contributed by atoms with van der Waals surface area (Å²) in [5.74, 6) is -0.557. The van der Waals surface area contributed by atoms with E-state index in [1.165, 1.54) is 49.0 Å². The molecule has 3 aromatic rings. The molecule has 154 valence electrons. The minimum atomic E-state index is -0.969. The van der Waals surface area contributed by atoms with Gasteiger partial charge in [-0.1, -0.05) is 43.0 Å². The Morgan fingerprint density at radius 1 is 0.967 bits per heavy atom. The topological polar surface area (TPSA) is 66.4 Å². The molecule has 0 bridgehead atoms. The number of hydrogen-bond donors (Lipinski definition) is 2. The van der Waals surface area contributed by atoms with E-state index in [0.717, 1.165) is 11.1 Å².